The maximum atomic E-state index is 13.1. The maximum Gasteiger partial charge on any atom is 0.249 e. The number of carbonyl (C=O) groups excluding carboxylic acids is 1. The van der Waals surface area contributed by atoms with Crippen molar-refractivity contribution in [2.75, 3.05) is 29.2 Å². The third kappa shape index (κ3) is 3.89. The molecule has 0 spiro atoms. The summed E-state index contributed by atoms with van der Waals surface area (Å²) in [6.07, 6.45) is 6.08. The molecule has 13 heteroatoms. The molecule has 5 heterocycles. The Balaban J connectivity index is 1.32. The summed E-state index contributed by atoms with van der Waals surface area (Å²) < 4.78 is 11.4. The lowest BCUT2D eigenvalue weighted by Crippen LogP contribution is -2.40. The minimum atomic E-state index is -0.504. The molecule has 12 nitrogen and oxygen atoms in total. The van der Waals surface area contributed by atoms with Crippen LogP contribution in [0.25, 0.3) is 5.65 Å². The Labute approximate surface area is 192 Å². The first-order valence-corrected chi connectivity index (χ1v) is 11.5. The van der Waals surface area contributed by atoms with Crippen LogP contribution in [0.15, 0.2) is 30.7 Å². The molecule has 33 heavy (non-hydrogen) atoms. The van der Waals surface area contributed by atoms with E-state index in [1.165, 1.54) is 19.2 Å². The van der Waals surface area contributed by atoms with Gasteiger partial charge in [-0.05, 0) is 25.0 Å². The highest BCUT2D eigenvalue weighted by Gasteiger charge is 2.39. The number of carbonyl (C=O) groups is 1. The van der Waals surface area contributed by atoms with E-state index in [4.69, 9.17) is 14.7 Å². The molecule has 0 radical (unpaired) electrons. The van der Waals surface area contributed by atoms with Crippen LogP contribution in [0.1, 0.15) is 30.9 Å². The van der Waals surface area contributed by atoms with Gasteiger partial charge >= 0.3 is 0 Å². The maximum absolute atomic E-state index is 13.1. The molecule has 4 aromatic rings. The number of aromatic amines is 1. The summed E-state index contributed by atoms with van der Waals surface area (Å²) in [5.74, 6) is 2.08. The summed E-state index contributed by atoms with van der Waals surface area (Å²) in [5.41, 5.74) is 1.84. The highest BCUT2D eigenvalue weighted by Crippen LogP contribution is 2.39. The molecule has 1 amide bonds. The van der Waals surface area contributed by atoms with E-state index < -0.39 is 6.04 Å². The number of nitrogens with one attached hydrogen (secondary N) is 3. The zero-order valence-corrected chi connectivity index (χ0v) is 18.6. The van der Waals surface area contributed by atoms with Gasteiger partial charge in [0.2, 0.25) is 22.9 Å². The van der Waals surface area contributed by atoms with Crippen molar-refractivity contribution in [3.05, 3.63) is 36.4 Å². The molecule has 0 unspecified atom stereocenters. The molecule has 1 saturated heterocycles. The Morgan fingerprint density at radius 2 is 2.24 bits per heavy atom. The van der Waals surface area contributed by atoms with Crippen molar-refractivity contribution in [2.24, 2.45) is 0 Å². The fourth-order valence-corrected chi connectivity index (χ4v) is 4.54. The lowest BCUT2D eigenvalue weighted by molar-refractivity contribution is -0.117. The van der Waals surface area contributed by atoms with Gasteiger partial charge in [0.25, 0.3) is 0 Å². The molecule has 1 aliphatic heterocycles. The van der Waals surface area contributed by atoms with Crippen LogP contribution in [-0.4, -0.2) is 65.6 Å². The number of ether oxygens (including phenoxy) is 1. The number of hydrogen-bond donors (Lipinski definition) is 3. The van der Waals surface area contributed by atoms with Gasteiger partial charge in [0.1, 0.15) is 18.0 Å². The van der Waals surface area contributed by atoms with Gasteiger partial charge in [-0.1, -0.05) is 0 Å². The largest absolute Gasteiger partial charge is 0.380 e. The Hall–Kier alpha value is -3.58. The molecule has 170 valence electrons. The number of rotatable bonds is 7. The number of H-pyrrole nitrogens is 1. The van der Waals surface area contributed by atoms with Gasteiger partial charge in [-0.25, -0.2) is 4.98 Å². The van der Waals surface area contributed by atoms with Crippen molar-refractivity contribution >= 4 is 45.9 Å². The number of hydrogen-bond acceptors (Lipinski definition) is 10. The Morgan fingerprint density at radius 1 is 1.33 bits per heavy atom. The zero-order valence-electron chi connectivity index (χ0n) is 17.8. The van der Waals surface area contributed by atoms with Crippen molar-refractivity contribution in [3.63, 3.8) is 0 Å². The molecule has 2 atom stereocenters. The molecule has 1 saturated carbocycles. The van der Waals surface area contributed by atoms with Crippen LogP contribution in [0, 0.1) is 0 Å². The Kier molecular flexibility index (Phi) is 4.91. The molecular weight excluding hydrogens is 444 g/mol. The van der Waals surface area contributed by atoms with Crippen LogP contribution in [0.3, 0.4) is 0 Å². The van der Waals surface area contributed by atoms with Crippen molar-refractivity contribution in [2.45, 2.75) is 37.3 Å². The average Bonchev–Trinajstić information content (AvgIpc) is 3.28. The first-order valence-electron chi connectivity index (χ1n) is 10.7. The van der Waals surface area contributed by atoms with E-state index in [0.717, 1.165) is 17.2 Å². The highest BCUT2D eigenvalue weighted by molar-refractivity contribution is 7.09. The minimum absolute atomic E-state index is 0.120. The normalized spacial score (nSPS) is 20.5. The quantitative estimate of drug-likeness (QED) is 0.374. The third-order valence-electron chi connectivity index (χ3n) is 5.98. The molecule has 4 aromatic heterocycles. The molecule has 1 aliphatic carbocycles. The second-order valence-electron chi connectivity index (χ2n) is 8.19. The summed E-state index contributed by atoms with van der Waals surface area (Å²) in [7, 11) is 1.65. The predicted molar refractivity (Wildman–Crippen MR) is 122 cm³/mol. The topological polar surface area (TPSA) is 138 Å². The van der Waals surface area contributed by atoms with E-state index in [2.05, 4.69) is 30.2 Å². The SMILES string of the molecule is CO[C@H]1C[C@@H](C(=O)Nc2ncns2)N(c2nc(Nc3cc(C4CC4)[nH]n3)n3cccc3n2)C1. The summed E-state index contributed by atoms with van der Waals surface area (Å²) in [6, 6.07) is 5.32. The molecule has 2 aliphatic rings. The van der Waals surface area contributed by atoms with Crippen molar-refractivity contribution in [1.82, 2.24) is 33.9 Å². The summed E-state index contributed by atoms with van der Waals surface area (Å²) in [6.45, 7) is 0.495. The fourth-order valence-electron chi connectivity index (χ4n) is 4.11. The van der Waals surface area contributed by atoms with E-state index in [1.54, 1.807) is 7.11 Å². The highest BCUT2D eigenvalue weighted by atomic mass is 32.1. The van der Waals surface area contributed by atoms with Crippen molar-refractivity contribution in [1.29, 1.82) is 0 Å². The molecule has 3 N–H and O–H groups in total. The number of methoxy groups -OCH3 is 1. The smallest absolute Gasteiger partial charge is 0.249 e. The van der Waals surface area contributed by atoms with Crippen LogP contribution in [0.5, 0.6) is 0 Å². The number of anilines is 4. The summed E-state index contributed by atoms with van der Waals surface area (Å²) in [5, 5.41) is 14.1. The van der Waals surface area contributed by atoms with Gasteiger partial charge in [0, 0.05) is 55.5 Å². The molecule has 0 bridgehead atoms. The van der Waals surface area contributed by atoms with E-state index in [-0.39, 0.29) is 12.0 Å². The van der Waals surface area contributed by atoms with Crippen LogP contribution >= 0.6 is 11.5 Å². The van der Waals surface area contributed by atoms with E-state index in [0.29, 0.717) is 47.4 Å². The second kappa shape index (κ2) is 8.08. The number of fused-ring (bicyclic) bond motifs is 1. The number of amides is 1. The van der Waals surface area contributed by atoms with Crippen LogP contribution < -0.4 is 15.5 Å². The summed E-state index contributed by atoms with van der Waals surface area (Å²) in [4.78, 5) is 28.5. The third-order valence-corrected chi connectivity index (χ3v) is 6.56. The molecule has 0 aromatic carbocycles. The van der Waals surface area contributed by atoms with Crippen LogP contribution in [-0.2, 0) is 9.53 Å². The molecular formula is C20H22N10O2S. The number of nitrogens with zero attached hydrogens (tertiary/aromatic N) is 7. The Bertz CT molecular complexity index is 1280. The van der Waals surface area contributed by atoms with Gasteiger partial charge in [0.05, 0.1) is 6.10 Å². The monoisotopic (exact) mass is 466 g/mol. The van der Waals surface area contributed by atoms with Gasteiger partial charge in [-0.15, -0.1) is 0 Å². The standard InChI is InChI=1S/C20H22N10O2S/c1-32-12-7-14(17(31)25-20-21-10-22-33-20)30(9-12)19-24-16-3-2-6-29(16)18(26-19)23-15-8-13(27-28-15)11-4-5-11/h2-3,6,8,10-12,14H,4-5,7,9H2,1H3,(H,21,22,25,31)(H2,23,24,26,27,28)/t12-,14-/m0/s1. The first-order chi connectivity index (χ1) is 16.2. The lowest BCUT2D eigenvalue weighted by Gasteiger charge is -2.23. The number of aromatic nitrogens is 7. The predicted octanol–water partition coefficient (Wildman–Crippen LogP) is 2.16. The van der Waals surface area contributed by atoms with E-state index in [9.17, 15) is 4.79 Å². The molecule has 2 fully saturated rings. The molecule has 6 rings (SSSR count). The van der Waals surface area contributed by atoms with Gasteiger partial charge in [0.15, 0.2) is 5.82 Å². The zero-order chi connectivity index (χ0) is 22.4. The van der Waals surface area contributed by atoms with Crippen molar-refractivity contribution in [3.8, 4) is 0 Å². The second-order valence-corrected chi connectivity index (χ2v) is 8.97. The van der Waals surface area contributed by atoms with Crippen molar-refractivity contribution < 1.29 is 9.53 Å². The summed E-state index contributed by atoms with van der Waals surface area (Å²) >= 11 is 1.13. The lowest BCUT2D eigenvalue weighted by atomic mass is 10.2. The van der Waals surface area contributed by atoms with Gasteiger partial charge in [-0.2, -0.15) is 19.4 Å². The fraction of sp³-hybridized carbons (Fsp3) is 0.400. The van der Waals surface area contributed by atoms with E-state index >= 15 is 0 Å². The minimum Gasteiger partial charge on any atom is -0.380 e. The Morgan fingerprint density at radius 3 is 3.03 bits per heavy atom. The van der Waals surface area contributed by atoms with Crippen LogP contribution in [0.2, 0.25) is 0 Å². The van der Waals surface area contributed by atoms with Crippen LogP contribution in [0.4, 0.5) is 22.8 Å². The van der Waals surface area contributed by atoms with Gasteiger partial charge in [-0.3, -0.25) is 19.6 Å². The van der Waals surface area contributed by atoms with Gasteiger partial charge < -0.3 is 15.0 Å². The van der Waals surface area contributed by atoms with E-state index in [1.807, 2.05) is 33.7 Å². The average molecular weight is 467 g/mol. The first kappa shape index (κ1) is 20.1.